The number of aliphatic imine (C=N–C) groups is 1. The van der Waals surface area contributed by atoms with Gasteiger partial charge in [0, 0.05) is 36.3 Å². The molecule has 0 amide bonds. The summed E-state index contributed by atoms with van der Waals surface area (Å²) >= 11 is 1.87. The van der Waals surface area contributed by atoms with E-state index in [4.69, 9.17) is 4.74 Å². The maximum Gasteiger partial charge on any atom is 0.248 e. The molecule has 0 spiro atoms. The van der Waals surface area contributed by atoms with Crippen molar-refractivity contribution >= 4 is 28.9 Å². The standard InChI is InChI=1S/C16H16N2O2S/c1-9-6-10-7-11(8-14-17-4-5-21-14)20-16(10)12-2-3-13(19)18-15(9)12/h2-4,6,11,14H,5,7-8H2,1H3,(H,18,19). The van der Waals surface area contributed by atoms with E-state index in [1.807, 2.05) is 31.0 Å². The lowest BCUT2D eigenvalue weighted by atomic mass is 10.0. The number of nitrogens with zero attached hydrogens (tertiary/aromatic N) is 1. The van der Waals surface area contributed by atoms with Gasteiger partial charge in [-0.25, -0.2) is 0 Å². The molecule has 4 nitrogen and oxygen atoms in total. The number of nitrogens with one attached hydrogen (secondary N) is 1. The Labute approximate surface area is 126 Å². The number of aryl methyl sites for hydroxylation is 1. The molecule has 108 valence electrons. The van der Waals surface area contributed by atoms with Crippen LogP contribution in [0.3, 0.4) is 0 Å². The van der Waals surface area contributed by atoms with Crippen molar-refractivity contribution < 1.29 is 4.74 Å². The zero-order chi connectivity index (χ0) is 14.4. The van der Waals surface area contributed by atoms with Crippen molar-refractivity contribution in [2.45, 2.75) is 31.2 Å². The molecule has 2 aromatic rings. The molecular weight excluding hydrogens is 284 g/mol. The van der Waals surface area contributed by atoms with Gasteiger partial charge in [-0.05, 0) is 24.1 Å². The van der Waals surface area contributed by atoms with E-state index in [0.717, 1.165) is 40.8 Å². The number of hydrogen-bond acceptors (Lipinski definition) is 4. The predicted octanol–water partition coefficient (Wildman–Crippen LogP) is 2.67. The smallest absolute Gasteiger partial charge is 0.248 e. The van der Waals surface area contributed by atoms with Crippen LogP contribution < -0.4 is 10.3 Å². The zero-order valence-corrected chi connectivity index (χ0v) is 12.6. The Balaban J connectivity index is 1.70. The summed E-state index contributed by atoms with van der Waals surface area (Å²) in [6.45, 7) is 2.03. The zero-order valence-electron chi connectivity index (χ0n) is 11.8. The second-order valence-corrected chi connectivity index (χ2v) is 6.80. The minimum Gasteiger partial charge on any atom is -0.489 e. The number of thioether (sulfide) groups is 1. The molecule has 0 fully saturated rings. The highest BCUT2D eigenvalue weighted by Gasteiger charge is 2.28. The normalized spacial score (nSPS) is 23.5. The molecule has 4 rings (SSSR count). The summed E-state index contributed by atoms with van der Waals surface area (Å²) in [5.74, 6) is 1.94. The molecule has 0 bridgehead atoms. The number of benzene rings is 1. The summed E-state index contributed by atoms with van der Waals surface area (Å²) in [6, 6.07) is 5.57. The van der Waals surface area contributed by atoms with Crippen molar-refractivity contribution in [3.63, 3.8) is 0 Å². The molecule has 2 aliphatic rings. The van der Waals surface area contributed by atoms with Gasteiger partial charge in [0.2, 0.25) is 5.56 Å². The van der Waals surface area contributed by atoms with Crippen LogP contribution in [-0.4, -0.2) is 28.4 Å². The number of fused-ring (bicyclic) bond motifs is 3. The topological polar surface area (TPSA) is 54.5 Å². The lowest BCUT2D eigenvalue weighted by molar-refractivity contribution is 0.223. The minimum atomic E-state index is -0.0724. The summed E-state index contributed by atoms with van der Waals surface area (Å²) in [4.78, 5) is 18.9. The number of H-pyrrole nitrogens is 1. The summed E-state index contributed by atoms with van der Waals surface area (Å²) in [7, 11) is 0. The van der Waals surface area contributed by atoms with Crippen LogP contribution in [0.15, 0.2) is 28.0 Å². The maximum absolute atomic E-state index is 11.5. The monoisotopic (exact) mass is 300 g/mol. The summed E-state index contributed by atoms with van der Waals surface area (Å²) in [6.07, 6.45) is 4.05. The Morgan fingerprint density at radius 2 is 2.38 bits per heavy atom. The molecule has 5 heteroatoms. The van der Waals surface area contributed by atoms with Crippen molar-refractivity contribution in [1.82, 2.24) is 4.98 Å². The van der Waals surface area contributed by atoms with E-state index in [0.29, 0.717) is 5.37 Å². The van der Waals surface area contributed by atoms with Crippen molar-refractivity contribution in [3.05, 3.63) is 39.7 Å². The second-order valence-electron chi connectivity index (χ2n) is 5.59. The lowest BCUT2D eigenvalue weighted by Gasteiger charge is -2.14. The van der Waals surface area contributed by atoms with Crippen molar-refractivity contribution in [2.24, 2.45) is 4.99 Å². The number of ether oxygens (including phenoxy) is 1. The number of rotatable bonds is 2. The van der Waals surface area contributed by atoms with Crippen LogP contribution in [0.2, 0.25) is 0 Å². The van der Waals surface area contributed by atoms with Crippen LogP contribution in [0.1, 0.15) is 17.5 Å². The van der Waals surface area contributed by atoms with Crippen LogP contribution in [0, 0.1) is 6.92 Å². The van der Waals surface area contributed by atoms with Crippen LogP contribution in [0.4, 0.5) is 0 Å². The van der Waals surface area contributed by atoms with Crippen LogP contribution in [0.5, 0.6) is 5.75 Å². The summed E-state index contributed by atoms with van der Waals surface area (Å²) < 4.78 is 6.17. The van der Waals surface area contributed by atoms with Gasteiger partial charge in [0.1, 0.15) is 11.9 Å². The van der Waals surface area contributed by atoms with E-state index >= 15 is 0 Å². The van der Waals surface area contributed by atoms with E-state index in [1.54, 1.807) is 6.07 Å². The van der Waals surface area contributed by atoms with Crippen molar-refractivity contribution in [3.8, 4) is 5.75 Å². The van der Waals surface area contributed by atoms with E-state index in [1.165, 1.54) is 5.56 Å². The average molecular weight is 300 g/mol. The largest absolute Gasteiger partial charge is 0.489 e. The fraction of sp³-hybridized carbons (Fsp3) is 0.375. The number of aromatic nitrogens is 1. The van der Waals surface area contributed by atoms with Gasteiger partial charge in [0.25, 0.3) is 0 Å². The third-order valence-corrected chi connectivity index (χ3v) is 5.11. The van der Waals surface area contributed by atoms with E-state index < -0.39 is 0 Å². The van der Waals surface area contributed by atoms with Gasteiger partial charge in [-0.1, -0.05) is 6.07 Å². The van der Waals surface area contributed by atoms with Crippen LogP contribution in [-0.2, 0) is 6.42 Å². The van der Waals surface area contributed by atoms with Gasteiger partial charge in [-0.3, -0.25) is 9.79 Å². The maximum atomic E-state index is 11.5. The summed E-state index contributed by atoms with van der Waals surface area (Å²) in [5, 5.41) is 1.34. The molecule has 1 N–H and O–H groups in total. The van der Waals surface area contributed by atoms with E-state index in [2.05, 4.69) is 16.0 Å². The first-order valence-corrected chi connectivity index (χ1v) is 8.21. The molecule has 2 unspecified atom stereocenters. The molecule has 1 aromatic carbocycles. The highest BCUT2D eigenvalue weighted by atomic mass is 32.2. The molecular formula is C16H16N2O2S. The Morgan fingerprint density at radius 1 is 1.48 bits per heavy atom. The molecule has 0 saturated heterocycles. The number of hydrogen-bond donors (Lipinski definition) is 1. The fourth-order valence-corrected chi connectivity index (χ4v) is 4.05. The quantitative estimate of drug-likeness (QED) is 0.927. The van der Waals surface area contributed by atoms with Gasteiger partial charge >= 0.3 is 0 Å². The molecule has 21 heavy (non-hydrogen) atoms. The SMILES string of the molecule is Cc1cc2c(c3ccc(=O)[nH]c13)OC(CC1N=CCS1)C2. The molecule has 0 aliphatic carbocycles. The molecule has 2 atom stereocenters. The van der Waals surface area contributed by atoms with E-state index in [9.17, 15) is 4.79 Å². The minimum absolute atomic E-state index is 0.0724. The third kappa shape index (κ3) is 2.25. The van der Waals surface area contributed by atoms with Gasteiger partial charge in [0.15, 0.2) is 0 Å². The van der Waals surface area contributed by atoms with E-state index in [-0.39, 0.29) is 11.7 Å². The van der Waals surface area contributed by atoms with Crippen molar-refractivity contribution in [2.75, 3.05) is 5.75 Å². The molecule has 0 radical (unpaired) electrons. The Bertz CT molecular complexity index is 797. The van der Waals surface area contributed by atoms with Crippen LogP contribution in [0.25, 0.3) is 10.9 Å². The lowest BCUT2D eigenvalue weighted by Crippen LogP contribution is -2.17. The fourth-order valence-electron chi connectivity index (χ4n) is 3.13. The number of aromatic amines is 1. The highest BCUT2D eigenvalue weighted by molar-refractivity contribution is 8.00. The van der Waals surface area contributed by atoms with Gasteiger partial charge in [0.05, 0.1) is 10.9 Å². The second kappa shape index (κ2) is 4.91. The molecule has 2 aliphatic heterocycles. The molecule has 1 aromatic heterocycles. The average Bonchev–Trinajstić information content (AvgIpc) is 3.09. The van der Waals surface area contributed by atoms with Crippen LogP contribution >= 0.6 is 11.8 Å². The third-order valence-electron chi connectivity index (χ3n) is 4.07. The van der Waals surface area contributed by atoms with Gasteiger partial charge < -0.3 is 9.72 Å². The Morgan fingerprint density at radius 3 is 3.19 bits per heavy atom. The first-order valence-electron chi connectivity index (χ1n) is 7.16. The van der Waals surface area contributed by atoms with Crippen molar-refractivity contribution in [1.29, 1.82) is 0 Å². The summed E-state index contributed by atoms with van der Waals surface area (Å²) in [5.41, 5.74) is 3.15. The van der Waals surface area contributed by atoms with Gasteiger partial charge in [-0.15, -0.1) is 11.8 Å². The predicted molar refractivity (Wildman–Crippen MR) is 86.8 cm³/mol. The molecule has 3 heterocycles. The first-order chi connectivity index (χ1) is 10.2. The van der Waals surface area contributed by atoms with Gasteiger partial charge in [-0.2, -0.15) is 0 Å². The highest BCUT2D eigenvalue weighted by Crippen LogP contribution is 2.39. The molecule has 0 saturated carbocycles. The Kier molecular flexibility index (Phi) is 3.03. The number of pyridine rings is 1. The Hall–Kier alpha value is -1.75. The first kappa shape index (κ1) is 13.0.